The van der Waals surface area contributed by atoms with Crippen molar-refractivity contribution >= 4 is 0 Å². The average Bonchev–Trinajstić information content (AvgIpc) is 2.33. The fourth-order valence-electron chi connectivity index (χ4n) is 3.22. The van der Waals surface area contributed by atoms with Gasteiger partial charge in [-0.05, 0) is 0 Å². The van der Waals surface area contributed by atoms with E-state index in [0.717, 1.165) is 0 Å². The Morgan fingerprint density at radius 2 is 0.630 bits per heavy atom. The number of hydrogen-bond donors (Lipinski definition) is 0. The zero-order valence-corrected chi connectivity index (χ0v) is 19.8. The summed E-state index contributed by atoms with van der Waals surface area (Å²) in [6, 6.07) is 0. The van der Waals surface area contributed by atoms with Gasteiger partial charge in [0, 0.05) is 0 Å². The topological polar surface area (TPSA) is 259 Å². The minimum absolute atomic E-state index is 0.690. The van der Waals surface area contributed by atoms with E-state index in [-0.39, 0.29) is 0 Å². The average molecular weight is 585 g/mol. The minimum atomic E-state index is -4.07. The predicted octanol–water partition coefficient (Wildman–Crippen LogP) is 0.434. The van der Waals surface area contributed by atoms with Gasteiger partial charge in [-0.15, -0.1) is 0 Å². The van der Waals surface area contributed by atoms with Gasteiger partial charge in [-0.2, -0.15) is 0 Å². The first-order chi connectivity index (χ1) is 11.9. The number of nitro groups is 6. The molecule has 19 heteroatoms. The van der Waals surface area contributed by atoms with Gasteiger partial charge < -0.3 is 0 Å². The molecule has 0 saturated carbocycles. The van der Waals surface area contributed by atoms with Crippen LogP contribution in [0.15, 0.2) is 0 Å². The Balaban J connectivity index is 6.83. The molecule has 0 amide bonds. The van der Waals surface area contributed by atoms with Crippen molar-refractivity contribution in [1.82, 2.24) is 0 Å². The van der Waals surface area contributed by atoms with Crippen LogP contribution in [0.25, 0.3) is 0 Å². The summed E-state index contributed by atoms with van der Waals surface area (Å²) in [5.74, 6) is -8.14. The molecule has 0 rings (SSSR count). The summed E-state index contributed by atoms with van der Waals surface area (Å²) in [6.07, 6.45) is 0. The molecule has 0 radical (unpaired) electrons. The third kappa shape index (κ3) is 3.23. The summed E-state index contributed by atoms with van der Waals surface area (Å²) < 4.78 is -5.03. The van der Waals surface area contributed by atoms with Crippen LogP contribution in [-0.2, 0) is 24.6 Å². The molecule has 18 nitrogen and oxygen atoms in total. The molecule has 0 aromatic heterocycles. The second-order valence-electron chi connectivity index (χ2n) is 6.76. The molecule has 0 aromatic carbocycles. The summed E-state index contributed by atoms with van der Waals surface area (Å²) in [5.41, 5.74) is 0. The Kier molecular flexibility index (Phi) is 6.45. The van der Waals surface area contributed by atoms with Crippen molar-refractivity contribution in [3.63, 3.8) is 0 Å². The van der Waals surface area contributed by atoms with E-state index in [1.165, 1.54) is 0 Å². The maximum atomic E-state index is 11.2. The molecule has 0 fully saturated rings. The van der Waals surface area contributed by atoms with Gasteiger partial charge in [-0.1, -0.05) is 0 Å². The molecule has 0 unspecified atom stereocenters. The molecule has 0 spiro atoms. The fourth-order valence-corrected chi connectivity index (χ4v) is 16.7. The van der Waals surface area contributed by atoms with Crippen LogP contribution in [0.4, 0.5) is 0 Å². The summed E-state index contributed by atoms with van der Waals surface area (Å²) in [5, 5.41) is 67.5. The van der Waals surface area contributed by atoms with Gasteiger partial charge in [-0.25, -0.2) is 0 Å². The Labute approximate surface area is 160 Å². The summed E-state index contributed by atoms with van der Waals surface area (Å²) in [6.45, 7) is 2.76. The first-order valence-electron chi connectivity index (χ1n) is 6.74. The van der Waals surface area contributed by atoms with E-state index in [9.17, 15) is 60.7 Å². The van der Waals surface area contributed by atoms with Gasteiger partial charge in [0.05, 0.1) is 0 Å². The van der Waals surface area contributed by atoms with Crippen LogP contribution in [0.3, 0.4) is 0 Å². The van der Waals surface area contributed by atoms with Crippen LogP contribution in [0.2, 0.25) is 5.85 Å². The molecule has 27 heavy (non-hydrogen) atoms. The monoisotopic (exact) mass is 586 g/mol. The van der Waals surface area contributed by atoms with Crippen molar-refractivity contribution in [3.8, 4) is 0 Å². The van der Waals surface area contributed by atoms with Gasteiger partial charge in [0.15, 0.2) is 0 Å². The standard InChI is InChI=1S/2C4H6N3O6.Hg/c2*1-3(2)4(5(8)9,6(10)11)7(12)13;/h2*1-2H3;. The summed E-state index contributed by atoms with van der Waals surface area (Å²) in [4.78, 5) is 56.6. The molecule has 0 saturated heterocycles. The normalized spacial score (nSPS) is 12.6. The molecule has 0 aliphatic rings. The zero-order valence-electron chi connectivity index (χ0n) is 14.3. The van der Waals surface area contributed by atoms with Gasteiger partial charge in [0.25, 0.3) is 0 Å². The van der Waals surface area contributed by atoms with Crippen molar-refractivity contribution < 1.29 is 54.1 Å². The Morgan fingerprint density at radius 1 is 0.481 bits per heavy atom. The van der Waals surface area contributed by atoms with E-state index in [0.29, 0.717) is 27.7 Å². The molecule has 0 N–H and O–H groups in total. The maximum absolute atomic E-state index is 11.2. The number of nitrogens with zero attached hydrogens (tertiary/aromatic N) is 6. The van der Waals surface area contributed by atoms with Gasteiger partial charge >= 0.3 is 160 Å². The number of hydrogen-bond acceptors (Lipinski definition) is 12. The van der Waals surface area contributed by atoms with E-state index >= 15 is 0 Å². The molecule has 0 aliphatic heterocycles. The van der Waals surface area contributed by atoms with Crippen molar-refractivity contribution in [2.45, 2.75) is 45.1 Å². The molecular weight excluding hydrogens is 573 g/mol. The van der Waals surface area contributed by atoms with Crippen molar-refractivity contribution in [1.29, 1.82) is 0 Å². The molecule has 0 aliphatic carbocycles. The molecule has 148 valence electrons. The Morgan fingerprint density at radius 3 is 0.741 bits per heavy atom. The van der Waals surface area contributed by atoms with Crippen molar-refractivity contribution in [2.24, 2.45) is 0 Å². The second-order valence-corrected chi connectivity index (χ2v) is 21.9. The van der Waals surface area contributed by atoms with E-state index < -0.39 is 71.5 Å². The third-order valence-electron chi connectivity index (χ3n) is 4.23. The van der Waals surface area contributed by atoms with Crippen molar-refractivity contribution in [3.05, 3.63) is 60.7 Å². The SMILES string of the molecule is C[C](C)([Hg][C](C)(C)C([N+](=O)[O-])([N+](=O)[O-])[N+](=O)[O-])C([N+](=O)[O-])([N+](=O)[O-])[N+](=O)[O-]. The van der Waals surface area contributed by atoms with Crippen LogP contribution >= 0.6 is 0 Å². The molecular formula is C8H12HgN6O12. The molecule has 0 bridgehead atoms. The molecule has 0 heterocycles. The summed E-state index contributed by atoms with van der Waals surface area (Å²) >= 11 is -4.06. The molecule has 0 aromatic rings. The van der Waals surface area contributed by atoms with E-state index in [1.807, 2.05) is 0 Å². The van der Waals surface area contributed by atoms with Crippen LogP contribution in [0.5, 0.6) is 0 Å². The van der Waals surface area contributed by atoms with Gasteiger partial charge in [0.1, 0.15) is 0 Å². The van der Waals surface area contributed by atoms with Crippen molar-refractivity contribution in [2.75, 3.05) is 0 Å². The van der Waals surface area contributed by atoms with E-state index in [2.05, 4.69) is 0 Å². The Bertz CT molecular complexity index is 601. The van der Waals surface area contributed by atoms with Crippen LogP contribution < -0.4 is 0 Å². The van der Waals surface area contributed by atoms with Crippen LogP contribution in [0.1, 0.15) is 27.7 Å². The molecule has 0 atom stereocenters. The van der Waals surface area contributed by atoms with Gasteiger partial charge in [-0.3, -0.25) is 0 Å². The van der Waals surface area contributed by atoms with E-state index in [4.69, 9.17) is 0 Å². The quantitative estimate of drug-likeness (QED) is 0.146. The summed E-state index contributed by atoms with van der Waals surface area (Å²) in [7, 11) is 0. The van der Waals surface area contributed by atoms with Crippen LogP contribution in [-0.4, -0.2) is 41.1 Å². The zero-order chi connectivity index (χ0) is 22.2. The van der Waals surface area contributed by atoms with Gasteiger partial charge in [0.2, 0.25) is 0 Å². The first-order valence-corrected chi connectivity index (χ1v) is 12.2. The third-order valence-corrected chi connectivity index (χ3v) is 14.8. The first kappa shape index (κ1) is 24.3. The predicted molar refractivity (Wildman–Crippen MR) is 75.5 cm³/mol. The Hall–Kier alpha value is -2.66. The fraction of sp³-hybridized carbons (Fsp3) is 1.00. The van der Waals surface area contributed by atoms with E-state index in [1.54, 1.807) is 0 Å². The number of rotatable bonds is 10. The van der Waals surface area contributed by atoms with Crippen LogP contribution in [0, 0.1) is 60.7 Å². The second kappa shape index (κ2) is 7.16.